The van der Waals surface area contributed by atoms with E-state index in [1.807, 2.05) is 42.5 Å². The van der Waals surface area contributed by atoms with Crippen LogP contribution in [0.4, 0.5) is 0 Å². The van der Waals surface area contributed by atoms with Gasteiger partial charge in [0.25, 0.3) is 5.91 Å². The molecule has 4 nitrogen and oxygen atoms in total. The van der Waals surface area contributed by atoms with Gasteiger partial charge in [-0.1, -0.05) is 54.6 Å². The fraction of sp³-hybridized carbons (Fsp3) is 0.182. The zero-order chi connectivity index (χ0) is 18.9. The van der Waals surface area contributed by atoms with Crippen LogP contribution in [0.2, 0.25) is 0 Å². The van der Waals surface area contributed by atoms with Gasteiger partial charge in [0, 0.05) is 18.7 Å². The molecule has 2 aromatic rings. The topological polar surface area (TPSA) is 49.4 Å². The van der Waals surface area contributed by atoms with E-state index in [1.54, 1.807) is 36.1 Å². The SMILES string of the molecule is C=CCN(CC=C)C(=O)C(C)NC(=O)c1ccc(-c2ccccc2)cc1. The molecule has 0 aliphatic heterocycles. The highest BCUT2D eigenvalue weighted by molar-refractivity contribution is 5.97. The van der Waals surface area contributed by atoms with Gasteiger partial charge in [0.05, 0.1) is 0 Å². The number of carbonyl (C=O) groups is 2. The summed E-state index contributed by atoms with van der Waals surface area (Å²) in [5.41, 5.74) is 2.64. The van der Waals surface area contributed by atoms with Gasteiger partial charge in [0.2, 0.25) is 5.91 Å². The number of nitrogens with zero attached hydrogens (tertiary/aromatic N) is 1. The lowest BCUT2D eigenvalue weighted by molar-refractivity contribution is -0.131. The number of benzene rings is 2. The molecule has 0 fully saturated rings. The summed E-state index contributed by atoms with van der Waals surface area (Å²) in [6, 6.07) is 16.6. The second kappa shape index (κ2) is 9.37. The van der Waals surface area contributed by atoms with Crippen LogP contribution >= 0.6 is 0 Å². The molecule has 0 saturated heterocycles. The molecule has 0 saturated carbocycles. The van der Waals surface area contributed by atoms with E-state index in [-0.39, 0.29) is 11.8 Å². The minimum absolute atomic E-state index is 0.168. The number of nitrogens with one attached hydrogen (secondary N) is 1. The maximum Gasteiger partial charge on any atom is 0.251 e. The highest BCUT2D eigenvalue weighted by atomic mass is 16.2. The third-order valence-corrected chi connectivity index (χ3v) is 3.98. The van der Waals surface area contributed by atoms with Crippen molar-refractivity contribution in [2.45, 2.75) is 13.0 Å². The van der Waals surface area contributed by atoms with E-state index in [0.717, 1.165) is 11.1 Å². The van der Waals surface area contributed by atoms with Gasteiger partial charge < -0.3 is 10.2 Å². The van der Waals surface area contributed by atoms with Gasteiger partial charge in [-0.3, -0.25) is 9.59 Å². The molecule has 0 aliphatic carbocycles. The minimum atomic E-state index is -0.629. The molecule has 0 radical (unpaired) electrons. The van der Waals surface area contributed by atoms with Crippen LogP contribution in [0, 0.1) is 0 Å². The Morgan fingerprint density at radius 2 is 1.50 bits per heavy atom. The highest BCUT2D eigenvalue weighted by Crippen LogP contribution is 2.19. The summed E-state index contributed by atoms with van der Waals surface area (Å²) >= 11 is 0. The van der Waals surface area contributed by atoms with Crippen LogP contribution in [0.1, 0.15) is 17.3 Å². The van der Waals surface area contributed by atoms with Crippen molar-refractivity contribution in [1.29, 1.82) is 0 Å². The molecule has 1 N–H and O–H groups in total. The van der Waals surface area contributed by atoms with Gasteiger partial charge >= 0.3 is 0 Å². The first-order valence-electron chi connectivity index (χ1n) is 8.53. The summed E-state index contributed by atoms with van der Waals surface area (Å²) in [5.74, 6) is -0.443. The molecule has 2 rings (SSSR count). The molecule has 2 aromatic carbocycles. The zero-order valence-corrected chi connectivity index (χ0v) is 15.0. The second-order valence-electron chi connectivity index (χ2n) is 5.96. The number of rotatable bonds is 8. The van der Waals surface area contributed by atoms with Gasteiger partial charge in [-0.2, -0.15) is 0 Å². The van der Waals surface area contributed by atoms with Crippen molar-refractivity contribution in [3.05, 3.63) is 85.5 Å². The van der Waals surface area contributed by atoms with Gasteiger partial charge in [-0.15, -0.1) is 13.2 Å². The molecule has 0 bridgehead atoms. The number of amides is 2. The van der Waals surface area contributed by atoms with Crippen LogP contribution < -0.4 is 5.32 Å². The van der Waals surface area contributed by atoms with E-state index in [9.17, 15) is 9.59 Å². The summed E-state index contributed by atoms with van der Waals surface area (Å²) < 4.78 is 0. The fourth-order valence-electron chi connectivity index (χ4n) is 2.63. The Balaban J connectivity index is 2.03. The Kier molecular flexibility index (Phi) is 6.92. The summed E-state index contributed by atoms with van der Waals surface area (Å²) in [7, 11) is 0. The van der Waals surface area contributed by atoms with E-state index in [0.29, 0.717) is 18.7 Å². The first-order valence-corrected chi connectivity index (χ1v) is 8.53. The van der Waals surface area contributed by atoms with Crippen LogP contribution in [0.15, 0.2) is 79.9 Å². The largest absolute Gasteiger partial charge is 0.341 e. The smallest absolute Gasteiger partial charge is 0.251 e. The van der Waals surface area contributed by atoms with Crippen molar-refractivity contribution in [1.82, 2.24) is 10.2 Å². The van der Waals surface area contributed by atoms with Crippen molar-refractivity contribution >= 4 is 11.8 Å². The molecular weight excluding hydrogens is 324 g/mol. The number of hydrogen-bond donors (Lipinski definition) is 1. The molecule has 2 amide bonds. The lowest BCUT2D eigenvalue weighted by atomic mass is 10.0. The third-order valence-electron chi connectivity index (χ3n) is 3.98. The maximum absolute atomic E-state index is 12.4. The average molecular weight is 348 g/mol. The van der Waals surface area contributed by atoms with E-state index in [4.69, 9.17) is 0 Å². The van der Waals surface area contributed by atoms with Gasteiger partial charge in [0.15, 0.2) is 0 Å². The lowest BCUT2D eigenvalue weighted by Crippen LogP contribution is -2.47. The van der Waals surface area contributed by atoms with Crippen molar-refractivity contribution in [2.75, 3.05) is 13.1 Å². The zero-order valence-electron chi connectivity index (χ0n) is 15.0. The second-order valence-corrected chi connectivity index (χ2v) is 5.96. The van der Waals surface area contributed by atoms with Gasteiger partial charge in [-0.25, -0.2) is 0 Å². The normalized spacial score (nSPS) is 11.3. The third kappa shape index (κ3) is 4.93. The molecule has 1 unspecified atom stereocenters. The standard InChI is InChI=1S/C22H24N2O2/c1-4-15-24(16-5-2)22(26)17(3)23-21(25)20-13-11-19(12-14-20)18-9-7-6-8-10-18/h4-14,17H,1-2,15-16H2,3H3,(H,23,25). The van der Waals surface area contributed by atoms with Gasteiger partial charge in [0.1, 0.15) is 6.04 Å². The van der Waals surface area contributed by atoms with Crippen LogP contribution in [-0.4, -0.2) is 35.8 Å². The van der Waals surface area contributed by atoms with Crippen LogP contribution in [0.25, 0.3) is 11.1 Å². The summed E-state index contributed by atoms with van der Waals surface area (Å²) in [6.07, 6.45) is 3.30. The highest BCUT2D eigenvalue weighted by Gasteiger charge is 2.21. The number of hydrogen-bond acceptors (Lipinski definition) is 2. The molecule has 4 heteroatoms. The fourth-order valence-corrected chi connectivity index (χ4v) is 2.63. The van der Waals surface area contributed by atoms with Crippen LogP contribution in [0.5, 0.6) is 0 Å². The van der Waals surface area contributed by atoms with Gasteiger partial charge in [-0.05, 0) is 30.2 Å². The summed E-state index contributed by atoms with van der Waals surface area (Å²) in [5, 5.41) is 2.75. The van der Waals surface area contributed by atoms with Crippen LogP contribution in [-0.2, 0) is 4.79 Å². The maximum atomic E-state index is 12.4. The summed E-state index contributed by atoms with van der Waals surface area (Å²) in [6.45, 7) is 9.81. The Morgan fingerprint density at radius 3 is 2.04 bits per heavy atom. The Hall–Kier alpha value is -3.14. The van der Waals surface area contributed by atoms with Crippen molar-refractivity contribution in [2.24, 2.45) is 0 Å². The minimum Gasteiger partial charge on any atom is -0.341 e. The van der Waals surface area contributed by atoms with Crippen molar-refractivity contribution < 1.29 is 9.59 Å². The summed E-state index contributed by atoms with van der Waals surface area (Å²) in [4.78, 5) is 26.5. The predicted molar refractivity (Wildman–Crippen MR) is 106 cm³/mol. The molecule has 0 aliphatic rings. The van der Waals surface area contributed by atoms with E-state index in [2.05, 4.69) is 18.5 Å². The van der Waals surface area contributed by atoms with Crippen LogP contribution in [0.3, 0.4) is 0 Å². The Morgan fingerprint density at radius 1 is 0.962 bits per heavy atom. The van der Waals surface area contributed by atoms with Crippen molar-refractivity contribution in [3.63, 3.8) is 0 Å². The van der Waals surface area contributed by atoms with Crippen molar-refractivity contribution in [3.8, 4) is 11.1 Å². The Labute approximate surface area is 154 Å². The lowest BCUT2D eigenvalue weighted by Gasteiger charge is -2.23. The first kappa shape index (κ1) is 19.2. The molecule has 134 valence electrons. The number of carbonyl (C=O) groups excluding carboxylic acids is 2. The van der Waals surface area contributed by atoms with E-state index < -0.39 is 6.04 Å². The van der Waals surface area contributed by atoms with E-state index in [1.165, 1.54) is 0 Å². The molecule has 0 heterocycles. The van der Waals surface area contributed by atoms with E-state index >= 15 is 0 Å². The molecule has 26 heavy (non-hydrogen) atoms. The quantitative estimate of drug-likeness (QED) is 0.740. The monoisotopic (exact) mass is 348 g/mol. The molecular formula is C22H24N2O2. The average Bonchev–Trinajstić information content (AvgIpc) is 2.68. The molecule has 0 spiro atoms. The molecule has 0 aromatic heterocycles. The molecule has 1 atom stereocenters. The predicted octanol–water partition coefficient (Wildman–Crippen LogP) is 3.67. The Bertz CT molecular complexity index is 756. The first-order chi connectivity index (χ1) is 12.6.